The van der Waals surface area contributed by atoms with Gasteiger partial charge in [0.2, 0.25) is 0 Å². The van der Waals surface area contributed by atoms with E-state index in [1.807, 2.05) is 50.1 Å². The first-order chi connectivity index (χ1) is 14.3. The van der Waals surface area contributed by atoms with Gasteiger partial charge in [-0.25, -0.2) is 9.48 Å². The van der Waals surface area contributed by atoms with Crippen molar-refractivity contribution in [2.45, 2.75) is 40.5 Å². The lowest BCUT2D eigenvalue weighted by Crippen LogP contribution is -2.18. The molecule has 6 nitrogen and oxygen atoms in total. The molecule has 3 rings (SSSR count). The monoisotopic (exact) mass is 407 g/mol. The maximum Gasteiger partial charge on any atom is 0.339 e. The van der Waals surface area contributed by atoms with E-state index in [4.69, 9.17) is 4.74 Å². The Labute approximate surface area is 177 Å². The van der Waals surface area contributed by atoms with Crippen molar-refractivity contribution in [3.05, 3.63) is 70.8 Å². The highest BCUT2D eigenvalue weighted by Gasteiger charge is 2.22. The van der Waals surface area contributed by atoms with Crippen LogP contribution in [-0.4, -0.2) is 32.7 Å². The smallest absolute Gasteiger partial charge is 0.339 e. The standard InChI is InChI=1S/C24H29N3O3/c1-6-30-24(29)22-15-26(5)14-20(22)12-23(28)17(3)11-19-13-25-27(18(19)4)21-9-7-16(2)8-10-21/h7-10,13-15,17H,6,11-12H2,1-5H3. The third-order valence-electron chi connectivity index (χ3n) is 5.36. The second-order valence-electron chi connectivity index (χ2n) is 7.83. The van der Waals surface area contributed by atoms with Crippen molar-refractivity contribution in [3.63, 3.8) is 0 Å². The van der Waals surface area contributed by atoms with Crippen LogP contribution in [0.3, 0.4) is 0 Å². The van der Waals surface area contributed by atoms with Gasteiger partial charge in [0.05, 0.1) is 24.1 Å². The van der Waals surface area contributed by atoms with Crippen LogP contribution in [-0.2, 0) is 29.4 Å². The lowest BCUT2D eigenvalue weighted by molar-refractivity contribution is -0.121. The van der Waals surface area contributed by atoms with Crippen LogP contribution in [0, 0.1) is 19.8 Å². The second-order valence-corrected chi connectivity index (χ2v) is 7.83. The van der Waals surface area contributed by atoms with Crippen molar-refractivity contribution in [1.29, 1.82) is 0 Å². The highest BCUT2D eigenvalue weighted by molar-refractivity contribution is 5.93. The number of aryl methyl sites for hydroxylation is 2. The summed E-state index contributed by atoms with van der Waals surface area (Å²) in [5.74, 6) is -0.479. The molecule has 3 aromatic rings. The minimum Gasteiger partial charge on any atom is -0.462 e. The van der Waals surface area contributed by atoms with E-state index >= 15 is 0 Å². The van der Waals surface area contributed by atoms with Crippen LogP contribution in [0.2, 0.25) is 0 Å². The quantitative estimate of drug-likeness (QED) is 0.530. The summed E-state index contributed by atoms with van der Waals surface area (Å²) >= 11 is 0. The average molecular weight is 408 g/mol. The first-order valence-corrected chi connectivity index (χ1v) is 10.2. The number of ketones is 1. The molecular weight excluding hydrogens is 378 g/mol. The van der Waals surface area contributed by atoms with E-state index in [9.17, 15) is 9.59 Å². The fourth-order valence-corrected chi connectivity index (χ4v) is 3.57. The molecular formula is C24H29N3O3. The molecule has 158 valence electrons. The molecule has 0 aliphatic carbocycles. The third kappa shape index (κ3) is 4.70. The van der Waals surface area contributed by atoms with Crippen LogP contribution >= 0.6 is 0 Å². The van der Waals surface area contributed by atoms with Gasteiger partial charge in [-0.1, -0.05) is 24.6 Å². The lowest BCUT2D eigenvalue weighted by Gasteiger charge is -2.11. The lowest BCUT2D eigenvalue weighted by atomic mass is 9.93. The van der Waals surface area contributed by atoms with Gasteiger partial charge < -0.3 is 9.30 Å². The normalized spacial score (nSPS) is 12.0. The van der Waals surface area contributed by atoms with Crippen LogP contribution < -0.4 is 0 Å². The fraction of sp³-hybridized carbons (Fsp3) is 0.375. The molecule has 0 bridgehead atoms. The SMILES string of the molecule is CCOC(=O)c1cn(C)cc1CC(=O)C(C)Cc1cnn(-c2ccc(C)cc2)c1C. The Hall–Kier alpha value is -3.15. The van der Waals surface area contributed by atoms with E-state index in [2.05, 4.69) is 24.2 Å². The Morgan fingerprint density at radius 1 is 1.10 bits per heavy atom. The fourth-order valence-electron chi connectivity index (χ4n) is 3.57. The molecule has 0 spiro atoms. The van der Waals surface area contributed by atoms with E-state index in [1.54, 1.807) is 17.7 Å². The van der Waals surface area contributed by atoms with Gasteiger partial charge in [0, 0.05) is 37.5 Å². The summed E-state index contributed by atoms with van der Waals surface area (Å²) < 4.78 is 8.80. The molecule has 2 heterocycles. The molecule has 0 amide bonds. The zero-order valence-electron chi connectivity index (χ0n) is 18.3. The number of hydrogen-bond acceptors (Lipinski definition) is 4. The molecule has 0 saturated carbocycles. The largest absolute Gasteiger partial charge is 0.462 e. The first-order valence-electron chi connectivity index (χ1n) is 10.2. The maximum atomic E-state index is 12.9. The highest BCUT2D eigenvalue weighted by Crippen LogP contribution is 2.20. The van der Waals surface area contributed by atoms with Crippen LogP contribution in [0.5, 0.6) is 0 Å². The topological polar surface area (TPSA) is 66.1 Å². The van der Waals surface area contributed by atoms with E-state index in [0.29, 0.717) is 24.2 Å². The van der Waals surface area contributed by atoms with Gasteiger partial charge in [0.1, 0.15) is 5.78 Å². The summed E-state index contributed by atoms with van der Waals surface area (Å²) in [6.45, 7) is 8.08. The van der Waals surface area contributed by atoms with E-state index in [-0.39, 0.29) is 24.1 Å². The molecule has 1 atom stereocenters. The molecule has 0 N–H and O–H groups in total. The molecule has 1 aromatic carbocycles. The van der Waals surface area contributed by atoms with E-state index in [0.717, 1.165) is 16.9 Å². The predicted molar refractivity (Wildman–Crippen MR) is 116 cm³/mol. The minimum atomic E-state index is -0.385. The summed E-state index contributed by atoms with van der Waals surface area (Å²) in [7, 11) is 1.84. The Morgan fingerprint density at radius 2 is 1.80 bits per heavy atom. The molecule has 1 unspecified atom stereocenters. The Morgan fingerprint density at radius 3 is 2.47 bits per heavy atom. The molecule has 0 fully saturated rings. The summed E-state index contributed by atoms with van der Waals surface area (Å²) in [6.07, 6.45) is 6.18. The zero-order valence-corrected chi connectivity index (χ0v) is 18.3. The number of benzene rings is 1. The number of nitrogens with zero attached hydrogens (tertiary/aromatic N) is 3. The third-order valence-corrected chi connectivity index (χ3v) is 5.36. The molecule has 30 heavy (non-hydrogen) atoms. The Kier molecular flexibility index (Phi) is 6.55. The van der Waals surface area contributed by atoms with Gasteiger partial charge >= 0.3 is 5.97 Å². The number of Topliss-reactive ketones (excluding diaryl/α,β-unsaturated/α-hetero) is 1. The first kappa shape index (κ1) is 21.6. The van der Waals surface area contributed by atoms with Crippen LogP contribution in [0.15, 0.2) is 42.9 Å². The molecule has 0 radical (unpaired) electrons. The number of carbonyl (C=O) groups is 2. The molecule has 6 heteroatoms. The predicted octanol–water partition coefficient (Wildman–Crippen LogP) is 3.99. The van der Waals surface area contributed by atoms with Crippen molar-refractivity contribution in [2.24, 2.45) is 13.0 Å². The van der Waals surface area contributed by atoms with Gasteiger partial charge in [-0.3, -0.25) is 4.79 Å². The van der Waals surface area contributed by atoms with Crippen molar-refractivity contribution in [3.8, 4) is 5.69 Å². The molecule has 0 saturated heterocycles. The number of aromatic nitrogens is 3. The maximum absolute atomic E-state index is 12.9. The van der Waals surface area contributed by atoms with Gasteiger partial charge in [-0.15, -0.1) is 0 Å². The van der Waals surface area contributed by atoms with Gasteiger partial charge in [-0.2, -0.15) is 5.10 Å². The molecule has 2 aromatic heterocycles. The van der Waals surface area contributed by atoms with Crippen molar-refractivity contribution >= 4 is 11.8 Å². The Balaban J connectivity index is 1.71. The van der Waals surface area contributed by atoms with Gasteiger partial charge in [0.15, 0.2) is 0 Å². The van der Waals surface area contributed by atoms with E-state index in [1.165, 1.54) is 5.56 Å². The summed E-state index contributed by atoms with van der Waals surface area (Å²) in [4.78, 5) is 25.1. The molecule has 0 aliphatic heterocycles. The number of ether oxygens (including phenoxy) is 1. The minimum absolute atomic E-state index is 0.0919. The van der Waals surface area contributed by atoms with Crippen molar-refractivity contribution in [2.75, 3.05) is 6.61 Å². The molecule has 0 aliphatic rings. The number of carbonyl (C=O) groups excluding carboxylic acids is 2. The van der Waals surface area contributed by atoms with Crippen LogP contribution in [0.25, 0.3) is 5.69 Å². The summed E-state index contributed by atoms with van der Waals surface area (Å²) in [5, 5.41) is 4.51. The summed E-state index contributed by atoms with van der Waals surface area (Å²) in [6, 6.07) is 8.20. The highest BCUT2D eigenvalue weighted by atomic mass is 16.5. The summed E-state index contributed by atoms with van der Waals surface area (Å²) in [5.41, 5.74) is 5.46. The zero-order chi connectivity index (χ0) is 21.8. The van der Waals surface area contributed by atoms with Crippen molar-refractivity contribution in [1.82, 2.24) is 14.3 Å². The van der Waals surface area contributed by atoms with Crippen LogP contribution in [0.4, 0.5) is 0 Å². The Bertz CT molecular complexity index is 1040. The number of rotatable bonds is 8. The number of hydrogen-bond donors (Lipinski definition) is 0. The second kappa shape index (κ2) is 9.11. The van der Waals surface area contributed by atoms with E-state index < -0.39 is 0 Å². The number of esters is 1. The average Bonchev–Trinajstić information content (AvgIpc) is 3.25. The van der Waals surface area contributed by atoms with Gasteiger partial charge in [0.25, 0.3) is 0 Å². The van der Waals surface area contributed by atoms with Gasteiger partial charge in [-0.05, 0) is 50.5 Å². The van der Waals surface area contributed by atoms with Crippen molar-refractivity contribution < 1.29 is 14.3 Å². The van der Waals surface area contributed by atoms with Crippen LogP contribution in [0.1, 0.15) is 46.6 Å².